The third kappa shape index (κ3) is 2.75. The first kappa shape index (κ1) is 13.6. The maximum Gasteiger partial charge on any atom is 0.169 e. The molecule has 0 saturated heterocycles. The first-order valence-electron chi connectivity index (χ1n) is 5.87. The van der Waals surface area contributed by atoms with Gasteiger partial charge in [0.15, 0.2) is 17.2 Å². The zero-order valence-electron chi connectivity index (χ0n) is 11.2. The summed E-state index contributed by atoms with van der Waals surface area (Å²) in [4.78, 5) is 0. The van der Waals surface area contributed by atoms with Crippen LogP contribution in [0, 0.1) is 11.3 Å². The van der Waals surface area contributed by atoms with Crippen LogP contribution in [0.25, 0.3) is 0 Å². The van der Waals surface area contributed by atoms with Gasteiger partial charge in [0, 0.05) is 12.1 Å². The first-order valence-corrected chi connectivity index (χ1v) is 5.87. The smallest absolute Gasteiger partial charge is 0.169 e. The molecule has 5 heteroatoms. The van der Waals surface area contributed by atoms with Crippen LogP contribution in [0.4, 0.5) is 5.69 Å². The highest BCUT2D eigenvalue weighted by atomic mass is 16.5. The quantitative estimate of drug-likeness (QED) is 0.864. The lowest BCUT2D eigenvalue weighted by atomic mass is 10.2. The molecule has 2 rings (SSSR count). The van der Waals surface area contributed by atoms with Crippen molar-refractivity contribution in [1.29, 1.82) is 5.26 Å². The zero-order valence-corrected chi connectivity index (χ0v) is 11.2. The van der Waals surface area contributed by atoms with Gasteiger partial charge in [-0.3, -0.25) is 0 Å². The molecule has 2 aromatic carbocycles. The van der Waals surface area contributed by atoms with E-state index in [-0.39, 0.29) is 0 Å². The van der Waals surface area contributed by atoms with Gasteiger partial charge in [-0.05, 0) is 24.3 Å². The van der Waals surface area contributed by atoms with Crippen molar-refractivity contribution in [3.8, 4) is 29.1 Å². The molecule has 0 amide bonds. The number of anilines is 1. The third-order valence-corrected chi connectivity index (χ3v) is 2.73. The van der Waals surface area contributed by atoms with Gasteiger partial charge < -0.3 is 19.9 Å². The largest absolute Gasteiger partial charge is 0.497 e. The van der Waals surface area contributed by atoms with E-state index in [9.17, 15) is 0 Å². The summed E-state index contributed by atoms with van der Waals surface area (Å²) in [5.41, 5.74) is 6.85. The summed E-state index contributed by atoms with van der Waals surface area (Å²) in [7, 11) is 3.08. The number of methoxy groups -OCH3 is 2. The number of ether oxygens (including phenoxy) is 3. The summed E-state index contributed by atoms with van der Waals surface area (Å²) in [6.45, 7) is 0. The number of nitriles is 1. The lowest BCUT2D eigenvalue weighted by Gasteiger charge is -2.12. The minimum Gasteiger partial charge on any atom is -0.497 e. The minimum absolute atomic E-state index is 0.454. The summed E-state index contributed by atoms with van der Waals surface area (Å²) < 4.78 is 16.0. The fourth-order valence-electron chi connectivity index (χ4n) is 1.69. The monoisotopic (exact) mass is 270 g/mol. The molecule has 0 aliphatic heterocycles. The van der Waals surface area contributed by atoms with E-state index in [4.69, 9.17) is 25.2 Å². The van der Waals surface area contributed by atoms with E-state index >= 15 is 0 Å². The maximum absolute atomic E-state index is 8.86. The molecular formula is C15H14N2O3. The molecular weight excluding hydrogens is 256 g/mol. The average molecular weight is 270 g/mol. The van der Waals surface area contributed by atoms with Crippen LogP contribution in [-0.2, 0) is 0 Å². The van der Waals surface area contributed by atoms with Gasteiger partial charge in [0.1, 0.15) is 5.75 Å². The highest BCUT2D eigenvalue weighted by Crippen LogP contribution is 2.35. The van der Waals surface area contributed by atoms with Gasteiger partial charge in [0.25, 0.3) is 0 Å². The van der Waals surface area contributed by atoms with Gasteiger partial charge in [0.2, 0.25) is 0 Å². The van der Waals surface area contributed by atoms with Crippen molar-refractivity contribution in [2.75, 3.05) is 20.0 Å². The molecule has 2 aromatic rings. The Morgan fingerprint density at radius 2 is 1.70 bits per heavy atom. The maximum atomic E-state index is 8.86. The number of nitrogen functional groups attached to an aromatic ring is 1. The van der Waals surface area contributed by atoms with E-state index in [1.165, 1.54) is 7.11 Å². The highest BCUT2D eigenvalue weighted by Gasteiger charge is 2.09. The Balaban J connectivity index is 2.32. The second-order valence-electron chi connectivity index (χ2n) is 3.98. The Bertz CT molecular complexity index is 663. The molecule has 0 heterocycles. The van der Waals surface area contributed by atoms with E-state index in [2.05, 4.69) is 0 Å². The number of nitrogens with zero attached hydrogens (tertiary/aromatic N) is 1. The summed E-state index contributed by atoms with van der Waals surface area (Å²) in [5.74, 6) is 2.11. The number of hydrogen-bond donors (Lipinski definition) is 1. The van der Waals surface area contributed by atoms with Crippen LogP contribution in [0.5, 0.6) is 23.0 Å². The number of rotatable bonds is 4. The summed E-state index contributed by atoms with van der Waals surface area (Å²) in [6, 6.07) is 12.1. The van der Waals surface area contributed by atoms with E-state index in [0.717, 1.165) is 0 Å². The van der Waals surface area contributed by atoms with Crippen molar-refractivity contribution < 1.29 is 14.2 Å². The lowest BCUT2D eigenvalue weighted by molar-refractivity contribution is 0.378. The molecule has 0 unspecified atom stereocenters. The molecule has 0 aliphatic carbocycles. The summed E-state index contributed by atoms with van der Waals surface area (Å²) >= 11 is 0. The molecule has 0 aliphatic rings. The lowest BCUT2D eigenvalue weighted by Crippen LogP contribution is -1.95. The Hall–Kier alpha value is -2.87. The van der Waals surface area contributed by atoms with Gasteiger partial charge >= 0.3 is 0 Å². The number of hydrogen-bond acceptors (Lipinski definition) is 5. The van der Waals surface area contributed by atoms with Gasteiger partial charge in [-0.25, -0.2) is 0 Å². The second-order valence-corrected chi connectivity index (χ2v) is 3.98. The minimum atomic E-state index is 0.454. The zero-order chi connectivity index (χ0) is 14.5. The van der Waals surface area contributed by atoms with Crippen molar-refractivity contribution in [3.63, 3.8) is 0 Å². The van der Waals surface area contributed by atoms with Crippen LogP contribution in [0.15, 0.2) is 36.4 Å². The van der Waals surface area contributed by atoms with Crippen LogP contribution in [0.1, 0.15) is 5.56 Å². The fraction of sp³-hybridized carbons (Fsp3) is 0.133. The second kappa shape index (κ2) is 5.85. The summed E-state index contributed by atoms with van der Waals surface area (Å²) in [6.07, 6.45) is 0. The molecule has 0 radical (unpaired) electrons. The van der Waals surface area contributed by atoms with E-state index in [0.29, 0.717) is 34.2 Å². The topological polar surface area (TPSA) is 77.5 Å². The highest BCUT2D eigenvalue weighted by molar-refractivity contribution is 5.59. The Kier molecular flexibility index (Phi) is 3.96. The van der Waals surface area contributed by atoms with Crippen molar-refractivity contribution in [1.82, 2.24) is 0 Å². The predicted molar refractivity (Wildman–Crippen MR) is 75.2 cm³/mol. The van der Waals surface area contributed by atoms with Crippen LogP contribution >= 0.6 is 0 Å². The van der Waals surface area contributed by atoms with Crippen molar-refractivity contribution >= 4 is 5.69 Å². The van der Waals surface area contributed by atoms with E-state index in [1.54, 1.807) is 43.5 Å². The SMILES string of the molecule is COc1ccc(Oc2ccc(C#N)cc2OC)c(N)c1. The van der Waals surface area contributed by atoms with Gasteiger partial charge in [-0.2, -0.15) is 5.26 Å². The van der Waals surface area contributed by atoms with E-state index in [1.807, 2.05) is 6.07 Å². The molecule has 0 fully saturated rings. The molecule has 5 nitrogen and oxygen atoms in total. The Morgan fingerprint density at radius 3 is 2.30 bits per heavy atom. The van der Waals surface area contributed by atoms with Gasteiger partial charge in [-0.15, -0.1) is 0 Å². The molecule has 0 atom stereocenters. The van der Waals surface area contributed by atoms with Crippen LogP contribution in [0.3, 0.4) is 0 Å². The fourth-order valence-corrected chi connectivity index (χ4v) is 1.69. The molecule has 2 N–H and O–H groups in total. The van der Waals surface area contributed by atoms with Crippen LogP contribution < -0.4 is 19.9 Å². The number of nitrogens with two attached hydrogens (primary N) is 1. The van der Waals surface area contributed by atoms with Crippen LogP contribution in [0.2, 0.25) is 0 Å². The van der Waals surface area contributed by atoms with Gasteiger partial charge in [0.05, 0.1) is 31.5 Å². The molecule has 0 saturated carbocycles. The standard InChI is InChI=1S/C15H14N2O3/c1-18-11-4-6-13(12(17)8-11)20-14-5-3-10(9-16)7-15(14)19-2/h3-8H,17H2,1-2H3. The Labute approximate surface area is 117 Å². The number of benzene rings is 2. The van der Waals surface area contributed by atoms with Crippen molar-refractivity contribution in [2.24, 2.45) is 0 Å². The third-order valence-electron chi connectivity index (χ3n) is 2.73. The Morgan fingerprint density at radius 1 is 0.950 bits per heavy atom. The van der Waals surface area contributed by atoms with Gasteiger partial charge in [-0.1, -0.05) is 0 Å². The average Bonchev–Trinajstić information content (AvgIpc) is 2.49. The molecule has 0 bridgehead atoms. The predicted octanol–water partition coefficient (Wildman–Crippen LogP) is 2.95. The first-order chi connectivity index (χ1) is 9.67. The molecule has 0 aromatic heterocycles. The molecule has 102 valence electrons. The van der Waals surface area contributed by atoms with Crippen molar-refractivity contribution in [2.45, 2.75) is 0 Å². The normalized spacial score (nSPS) is 9.65. The van der Waals surface area contributed by atoms with Crippen LogP contribution in [-0.4, -0.2) is 14.2 Å². The summed E-state index contributed by atoms with van der Waals surface area (Å²) in [5, 5.41) is 8.86. The molecule has 20 heavy (non-hydrogen) atoms. The van der Waals surface area contributed by atoms with E-state index < -0.39 is 0 Å². The van der Waals surface area contributed by atoms with Crippen molar-refractivity contribution in [3.05, 3.63) is 42.0 Å². The molecule has 0 spiro atoms.